The van der Waals surface area contributed by atoms with Gasteiger partial charge in [0.2, 0.25) is 41.4 Å². The lowest BCUT2D eigenvalue weighted by Gasteiger charge is -2.32. The van der Waals surface area contributed by atoms with Crippen LogP contribution in [0.1, 0.15) is 64.0 Å². The van der Waals surface area contributed by atoms with Crippen molar-refractivity contribution in [3.8, 4) is 0 Å². The Bertz CT molecular complexity index is 2050. The number of nitrogens with zero attached hydrogens (tertiary/aromatic N) is 2. The minimum atomic E-state index is -1.39. The van der Waals surface area contributed by atoms with E-state index in [-0.39, 0.29) is 63.5 Å². The van der Waals surface area contributed by atoms with Gasteiger partial charge in [-0.3, -0.25) is 38.6 Å². The standard InChI is InChI=1S/C42H57N11O7/c1-24(2)19-31-37(56)50-33(21-27-22-46-29-14-8-7-13-28(27)29)39(58)49-30(15-9-17-45-42(43)44)36(55)47-23-34(41(60)53-18-10-16-35(53)40(59)51-31)52-38(57)32(48-25(3)54)20-26-11-5-4-6-12-26/h4-8,11-14,22,24,30-35,46H,9-10,15-21,23H2,1-3H3,(H,47,55)(H,48,54)(H,49,58)(H,50,56)(H,51,59)(H,52,57)(H4,43,44,45)/t30-,31+,32-,33-,34?,35?/m0/s1. The summed E-state index contributed by atoms with van der Waals surface area (Å²) in [6.45, 7) is 4.96. The molecule has 60 heavy (non-hydrogen) atoms. The predicted octanol–water partition coefficient (Wildman–Crippen LogP) is -0.382. The van der Waals surface area contributed by atoms with E-state index in [0.717, 1.165) is 22.0 Å². The molecule has 2 fully saturated rings. The molecule has 2 aromatic carbocycles. The summed E-state index contributed by atoms with van der Waals surface area (Å²) in [5, 5.41) is 17.5. The van der Waals surface area contributed by atoms with E-state index in [4.69, 9.17) is 11.5 Å². The summed E-state index contributed by atoms with van der Waals surface area (Å²) in [6.07, 6.45) is 3.21. The molecule has 2 aliphatic heterocycles. The first-order chi connectivity index (χ1) is 28.7. The topological polar surface area (TPSA) is 275 Å². The number of aliphatic imine (C=N–C) groups is 1. The van der Waals surface area contributed by atoms with Crippen LogP contribution in [0.2, 0.25) is 0 Å². The highest BCUT2D eigenvalue weighted by Crippen LogP contribution is 2.22. The highest BCUT2D eigenvalue weighted by molar-refractivity contribution is 5.98. The molecule has 18 heteroatoms. The van der Waals surface area contributed by atoms with Gasteiger partial charge in [-0.25, -0.2) is 0 Å². The largest absolute Gasteiger partial charge is 0.370 e. The number of amides is 7. The molecule has 0 bridgehead atoms. The number of aromatic amines is 1. The molecule has 3 heterocycles. The van der Waals surface area contributed by atoms with Crippen LogP contribution in [-0.4, -0.2) is 113 Å². The van der Waals surface area contributed by atoms with Crippen LogP contribution in [0.4, 0.5) is 0 Å². The molecular formula is C42H57N11O7. The summed E-state index contributed by atoms with van der Waals surface area (Å²) in [4.78, 5) is 106. The molecule has 6 atom stereocenters. The van der Waals surface area contributed by atoms with Gasteiger partial charge in [-0.2, -0.15) is 0 Å². The Morgan fingerprint density at radius 3 is 2.28 bits per heavy atom. The molecule has 2 saturated heterocycles. The molecule has 7 amide bonds. The van der Waals surface area contributed by atoms with Crippen LogP contribution in [0.15, 0.2) is 65.8 Å². The van der Waals surface area contributed by atoms with Crippen LogP contribution in [0.3, 0.4) is 0 Å². The van der Waals surface area contributed by atoms with E-state index in [1.165, 1.54) is 11.8 Å². The molecule has 2 aliphatic rings. The Kier molecular flexibility index (Phi) is 15.6. The van der Waals surface area contributed by atoms with Crippen LogP contribution in [-0.2, 0) is 46.4 Å². The fraction of sp³-hybridized carbons (Fsp3) is 0.476. The van der Waals surface area contributed by atoms with Gasteiger partial charge in [0.15, 0.2) is 5.96 Å². The summed E-state index contributed by atoms with van der Waals surface area (Å²) in [7, 11) is 0. The van der Waals surface area contributed by atoms with Gasteiger partial charge >= 0.3 is 0 Å². The number of nitrogens with two attached hydrogens (primary N) is 2. The number of aromatic nitrogens is 1. The van der Waals surface area contributed by atoms with E-state index in [1.54, 1.807) is 30.5 Å². The molecule has 11 N–H and O–H groups in total. The van der Waals surface area contributed by atoms with Crippen LogP contribution < -0.4 is 43.4 Å². The van der Waals surface area contributed by atoms with Gasteiger partial charge in [0.1, 0.15) is 36.3 Å². The van der Waals surface area contributed by atoms with Crippen LogP contribution in [0.5, 0.6) is 0 Å². The first kappa shape index (κ1) is 44.6. The van der Waals surface area contributed by atoms with Crippen molar-refractivity contribution in [2.75, 3.05) is 19.6 Å². The Balaban J connectivity index is 1.51. The van der Waals surface area contributed by atoms with E-state index in [2.05, 4.69) is 41.9 Å². The van der Waals surface area contributed by atoms with Crippen molar-refractivity contribution in [3.05, 3.63) is 71.9 Å². The zero-order valence-electron chi connectivity index (χ0n) is 34.3. The van der Waals surface area contributed by atoms with Gasteiger partial charge in [-0.1, -0.05) is 62.4 Å². The number of benzene rings is 2. The third-order valence-electron chi connectivity index (χ3n) is 10.6. The zero-order valence-corrected chi connectivity index (χ0v) is 34.3. The fourth-order valence-corrected chi connectivity index (χ4v) is 7.62. The Hall–Kier alpha value is -6.46. The average molecular weight is 828 g/mol. The van der Waals surface area contributed by atoms with Gasteiger partial charge < -0.3 is 53.3 Å². The molecule has 5 rings (SSSR count). The van der Waals surface area contributed by atoms with Crippen molar-refractivity contribution in [2.45, 2.75) is 102 Å². The average Bonchev–Trinajstić information content (AvgIpc) is 3.87. The van der Waals surface area contributed by atoms with Gasteiger partial charge in [0.25, 0.3) is 0 Å². The first-order valence-corrected chi connectivity index (χ1v) is 20.4. The Labute approximate surface area is 348 Å². The number of hydrogen-bond acceptors (Lipinski definition) is 8. The van der Waals surface area contributed by atoms with Crippen molar-refractivity contribution in [1.29, 1.82) is 0 Å². The lowest BCUT2D eigenvalue weighted by Crippen LogP contribution is -2.62. The summed E-state index contributed by atoms with van der Waals surface area (Å²) >= 11 is 0. The SMILES string of the molecule is CC(=O)N[C@@H](Cc1ccccc1)C(=O)NC1CNC(=O)[C@H](CCCN=C(N)N)NC(=O)[C@H](Cc2c[nH]c3ccccc23)NC(=O)[C@@H](CC(C)C)NC(=O)C2CCCN2C1=O. The quantitative estimate of drug-likeness (QED) is 0.0616. The van der Waals surface area contributed by atoms with E-state index in [1.807, 2.05) is 44.2 Å². The Morgan fingerprint density at radius 1 is 0.883 bits per heavy atom. The van der Waals surface area contributed by atoms with Crippen molar-refractivity contribution >= 4 is 58.2 Å². The van der Waals surface area contributed by atoms with Crippen LogP contribution in [0, 0.1) is 5.92 Å². The van der Waals surface area contributed by atoms with Crippen molar-refractivity contribution in [2.24, 2.45) is 22.4 Å². The third-order valence-corrected chi connectivity index (χ3v) is 10.6. The predicted molar refractivity (Wildman–Crippen MR) is 225 cm³/mol. The van der Waals surface area contributed by atoms with E-state index < -0.39 is 84.1 Å². The number of carbonyl (C=O) groups is 7. The van der Waals surface area contributed by atoms with E-state index in [9.17, 15) is 33.6 Å². The number of H-pyrrole nitrogens is 1. The van der Waals surface area contributed by atoms with Crippen LogP contribution in [0.25, 0.3) is 10.9 Å². The number of nitrogens with one attached hydrogen (secondary N) is 7. The van der Waals surface area contributed by atoms with Crippen molar-refractivity contribution < 1.29 is 33.6 Å². The zero-order chi connectivity index (χ0) is 43.3. The molecule has 0 radical (unpaired) electrons. The van der Waals surface area contributed by atoms with Gasteiger partial charge in [0, 0.05) is 56.5 Å². The maximum absolute atomic E-state index is 14.4. The number of carbonyl (C=O) groups excluding carboxylic acids is 7. The second kappa shape index (κ2) is 21.0. The van der Waals surface area contributed by atoms with Crippen LogP contribution >= 0.6 is 0 Å². The van der Waals surface area contributed by atoms with Crippen molar-refractivity contribution in [1.82, 2.24) is 41.8 Å². The van der Waals surface area contributed by atoms with Gasteiger partial charge in [-0.15, -0.1) is 0 Å². The molecule has 1 aromatic heterocycles. The molecule has 0 aliphatic carbocycles. The highest BCUT2D eigenvalue weighted by atomic mass is 16.2. The second-order valence-corrected chi connectivity index (χ2v) is 15.8. The lowest BCUT2D eigenvalue weighted by atomic mass is 9.99. The minimum absolute atomic E-state index is 0.0454. The Morgan fingerprint density at radius 2 is 1.57 bits per heavy atom. The molecular weight excluding hydrogens is 771 g/mol. The molecule has 0 saturated carbocycles. The normalized spacial score (nSPS) is 22.2. The van der Waals surface area contributed by atoms with Gasteiger partial charge in [0.05, 0.1) is 0 Å². The third kappa shape index (κ3) is 12.3. The molecule has 322 valence electrons. The summed E-state index contributed by atoms with van der Waals surface area (Å²) in [5.41, 5.74) is 13.4. The number of guanidine groups is 1. The maximum atomic E-state index is 14.4. The lowest BCUT2D eigenvalue weighted by molar-refractivity contribution is -0.143. The summed E-state index contributed by atoms with van der Waals surface area (Å²) < 4.78 is 0. The first-order valence-electron chi connectivity index (χ1n) is 20.4. The van der Waals surface area contributed by atoms with E-state index in [0.29, 0.717) is 6.42 Å². The van der Waals surface area contributed by atoms with Crippen molar-refractivity contribution in [3.63, 3.8) is 0 Å². The minimum Gasteiger partial charge on any atom is -0.370 e. The number of rotatable bonds is 13. The second-order valence-electron chi connectivity index (χ2n) is 15.8. The number of para-hydroxylation sites is 1. The number of hydrogen-bond donors (Lipinski definition) is 9. The fourth-order valence-electron chi connectivity index (χ4n) is 7.62. The number of fused-ring (bicyclic) bond motifs is 2. The summed E-state index contributed by atoms with van der Waals surface area (Å²) in [5.74, 6) is -4.53. The maximum Gasteiger partial charge on any atom is 0.247 e. The monoisotopic (exact) mass is 827 g/mol. The molecule has 18 nitrogen and oxygen atoms in total. The van der Waals surface area contributed by atoms with E-state index >= 15 is 0 Å². The summed E-state index contributed by atoms with van der Waals surface area (Å²) in [6, 6.07) is 9.59. The molecule has 2 unspecified atom stereocenters. The smallest absolute Gasteiger partial charge is 0.247 e. The van der Waals surface area contributed by atoms with Gasteiger partial charge in [-0.05, 0) is 55.2 Å². The molecule has 0 spiro atoms. The highest BCUT2D eigenvalue weighted by Gasteiger charge is 2.41. The molecule has 3 aromatic rings.